The first-order valence-corrected chi connectivity index (χ1v) is 6.76. The lowest BCUT2D eigenvalue weighted by Gasteiger charge is -2.08. The number of allylic oxidation sites excluding steroid dienone is 1. The molecule has 0 amide bonds. The molecule has 0 saturated carbocycles. The van der Waals surface area contributed by atoms with Gasteiger partial charge < -0.3 is 4.74 Å². The summed E-state index contributed by atoms with van der Waals surface area (Å²) in [6.45, 7) is 4.90. The van der Waals surface area contributed by atoms with Gasteiger partial charge in [0, 0.05) is 5.56 Å². The average Bonchev–Trinajstić information content (AvgIpc) is 2.47. The van der Waals surface area contributed by atoms with E-state index in [-0.39, 0.29) is 0 Å². The average molecular weight is 252 g/mol. The lowest BCUT2D eigenvalue weighted by Crippen LogP contribution is -1.93. The van der Waals surface area contributed by atoms with Gasteiger partial charge in [-0.2, -0.15) is 0 Å². The molecule has 1 nitrogen and oxygen atoms in total. The maximum absolute atomic E-state index is 5.62. The first-order valence-electron chi connectivity index (χ1n) is 6.76. The Morgan fingerprint density at radius 2 is 1.68 bits per heavy atom. The lowest BCUT2D eigenvalue weighted by atomic mass is 10.00. The largest absolute Gasteiger partial charge is 0.493 e. The highest BCUT2D eigenvalue weighted by Crippen LogP contribution is 2.22. The van der Waals surface area contributed by atoms with Gasteiger partial charge in [-0.05, 0) is 24.5 Å². The van der Waals surface area contributed by atoms with Gasteiger partial charge in [-0.15, -0.1) is 0 Å². The molecule has 1 heteroatoms. The molecule has 0 bridgehead atoms. The van der Waals surface area contributed by atoms with Crippen molar-refractivity contribution in [2.45, 2.75) is 19.8 Å². The number of rotatable bonds is 5. The molecule has 1 atom stereocenters. The van der Waals surface area contributed by atoms with Crippen molar-refractivity contribution in [2.75, 3.05) is 6.61 Å². The molecule has 0 radical (unpaired) electrons. The minimum atomic E-state index is 0.399. The molecule has 0 spiro atoms. The molecule has 0 aliphatic rings. The van der Waals surface area contributed by atoms with Crippen LogP contribution in [0.3, 0.4) is 0 Å². The minimum absolute atomic E-state index is 0.399. The van der Waals surface area contributed by atoms with E-state index in [1.807, 2.05) is 31.2 Å². The SMILES string of the molecule is CCOc1ccccc1C=CC(C)c1ccccc1. The Kier molecular flexibility index (Phi) is 4.79. The Bertz CT molecular complexity index is 528. The van der Waals surface area contributed by atoms with Crippen molar-refractivity contribution in [3.05, 3.63) is 71.8 Å². The normalized spacial score (nSPS) is 12.5. The molecular formula is C18H20O. The Morgan fingerprint density at radius 1 is 1.00 bits per heavy atom. The van der Waals surface area contributed by atoms with Crippen molar-refractivity contribution in [2.24, 2.45) is 0 Å². The summed E-state index contributed by atoms with van der Waals surface area (Å²) >= 11 is 0. The summed E-state index contributed by atoms with van der Waals surface area (Å²) in [6.07, 6.45) is 4.36. The first kappa shape index (κ1) is 13.4. The van der Waals surface area contributed by atoms with E-state index >= 15 is 0 Å². The molecule has 98 valence electrons. The molecule has 0 aromatic heterocycles. The van der Waals surface area contributed by atoms with Gasteiger partial charge in [-0.25, -0.2) is 0 Å². The van der Waals surface area contributed by atoms with E-state index < -0.39 is 0 Å². The molecule has 2 aromatic rings. The highest BCUT2D eigenvalue weighted by Gasteiger charge is 2.02. The zero-order chi connectivity index (χ0) is 13.5. The van der Waals surface area contributed by atoms with Gasteiger partial charge in [0.05, 0.1) is 6.61 Å². The molecule has 0 saturated heterocycles. The van der Waals surface area contributed by atoms with Crippen LogP contribution in [0.4, 0.5) is 0 Å². The fourth-order valence-corrected chi connectivity index (χ4v) is 2.02. The summed E-state index contributed by atoms with van der Waals surface area (Å²) in [5, 5.41) is 0. The topological polar surface area (TPSA) is 9.23 Å². The molecule has 2 aromatic carbocycles. The predicted molar refractivity (Wildman–Crippen MR) is 81.5 cm³/mol. The second kappa shape index (κ2) is 6.79. The van der Waals surface area contributed by atoms with E-state index in [1.54, 1.807) is 0 Å². The Balaban J connectivity index is 2.14. The van der Waals surface area contributed by atoms with E-state index in [0.717, 1.165) is 11.3 Å². The van der Waals surface area contributed by atoms with Crippen LogP contribution in [0.2, 0.25) is 0 Å². The first-order chi connectivity index (χ1) is 9.31. The Morgan fingerprint density at radius 3 is 2.42 bits per heavy atom. The van der Waals surface area contributed by atoms with Crippen molar-refractivity contribution >= 4 is 6.08 Å². The van der Waals surface area contributed by atoms with Crippen LogP contribution in [0.25, 0.3) is 6.08 Å². The smallest absolute Gasteiger partial charge is 0.126 e. The Labute approximate surface area is 115 Å². The molecule has 0 fully saturated rings. The van der Waals surface area contributed by atoms with Crippen LogP contribution in [0, 0.1) is 0 Å². The van der Waals surface area contributed by atoms with Crippen LogP contribution in [0.15, 0.2) is 60.7 Å². The van der Waals surface area contributed by atoms with Crippen LogP contribution >= 0.6 is 0 Å². The van der Waals surface area contributed by atoms with E-state index in [9.17, 15) is 0 Å². The monoisotopic (exact) mass is 252 g/mol. The molecular weight excluding hydrogens is 232 g/mol. The molecule has 0 aliphatic carbocycles. The van der Waals surface area contributed by atoms with Crippen LogP contribution in [-0.4, -0.2) is 6.61 Å². The zero-order valence-electron chi connectivity index (χ0n) is 11.5. The van der Waals surface area contributed by atoms with E-state index in [4.69, 9.17) is 4.74 Å². The van der Waals surface area contributed by atoms with E-state index in [1.165, 1.54) is 5.56 Å². The van der Waals surface area contributed by atoms with Crippen LogP contribution in [-0.2, 0) is 0 Å². The molecule has 0 aliphatic heterocycles. The van der Waals surface area contributed by atoms with Gasteiger partial charge in [0.15, 0.2) is 0 Å². The van der Waals surface area contributed by atoms with Crippen molar-refractivity contribution in [3.63, 3.8) is 0 Å². The quantitative estimate of drug-likeness (QED) is 0.735. The third-order valence-corrected chi connectivity index (χ3v) is 3.11. The van der Waals surface area contributed by atoms with Crippen molar-refractivity contribution in [1.29, 1.82) is 0 Å². The number of para-hydroxylation sites is 1. The van der Waals surface area contributed by atoms with E-state index in [2.05, 4.69) is 49.4 Å². The third-order valence-electron chi connectivity index (χ3n) is 3.11. The van der Waals surface area contributed by atoms with Crippen molar-refractivity contribution in [3.8, 4) is 5.75 Å². The number of hydrogen-bond donors (Lipinski definition) is 0. The maximum atomic E-state index is 5.62. The fourth-order valence-electron chi connectivity index (χ4n) is 2.02. The standard InChI is InChI=1S/C18H20O/c1-3-19-18-12-8-7-11-17(18)14-13-15(2)16-9-5-4-6-10-16/h4-15H,3H2,1-2H3. The van der Waals surface area contributed by atoms with Crippen molar-refractivity contribution < 1.29 is 4.74 Å². The predicted octanol–water partition coefficient (Wildman–Crippen LogP) is 4.90. The molecule has 19 heavy (non-hydrogen) atoms. The zero-order valence-corrected chi connectivity index (χ0v) is 11.5. The molecule has 2 rings (SSSR count). The molecule has 0 N–H and O–H groups in total. The summed E-state index contributed by atoms with van der Waals surface area (Å²) in [5.41, 5.74) is 2.46. The van der Waals surface area contributed by atoms with Gasteiger partial charge in [0.2, 0.25) is 0 Å². The fraction of sp³-hybridized carbons (Fsp3) is 0.222. The number of benzene rings is 2. The summed E-state index contributed by atoms with van der Waals surface area (Å²) in [4.78, 5) is 0. The number of ether oxygens (including phenoxy) is 1. The van der Waals surface area contributed by atoms with E-state index in [0.29, 0.717) is 12.5 Å². The minimum Gasteiger partial charge on any atom is -0.493 e. The van der Waals surface area contributed by atoms with Gasteiger partial charge in [0.25, 0.3) is 0 Å². The Hall–Kier alpha value is -2.02. The second-order valence-electron chi connectivity index (χ2n) is 4.53. The van der Waals surface area contributed by atoms with Crippen molar-refractivity contribution in [1.82, 2.24) is 0 Å². The molecule has 1 unspecified atom stereocenters. The van der Waals surface area contributed by atoms with Crippen LogP contribution in [0.1, 0.15) is 30.9 Å². The highest BCUT2D eigenvalue weighted by molar-refractivity contribution is 5.58. The summed E-state index contributed by atoms with van der Waals surface area (Å²) in [5.74, 6) is 1.34. The van der Waals surface area contributed by atoms with Gasteiger partial charge in [-0.1, -0.05) is 67.6 Å². The van der Waals surface area contributed by atoms with Gasteiger partial charge in [-0.3, -0.25) is 0 Å². The summed E-state index contributed by atoms with van der Waals surface area (Å²) in [6, 6.07) is 18.6. The van der Waals surface area contributed by atoms with Gasteiger partial charge in [0.1, 0.15) is 5.75 Å². The maximum Gasteiger partial charge on any atom is 0.126 e. The van der Waals surface area contributed by atoms with Crippen LogP contribution < -0.4 is 4.74 Å². The summed E-state index contributed by atoms with van der Waals surface area (Å²) < 4.78 is 5.62. The molecule has 0 heterocycles. The van der Waals surface area contributed by atoms with Gasteiger partial charge >= 0.3 is 0 Å². The summed E-state index contributed by atoms with van der Waals surface area (Å²) in [7, 11) is 0. The van der Waals surface area contributed by atoms with Crippen LogP contribution in [0.5, 0.6) is 5.75 Å². The third kappa shape index (κ3) is 3.72. The second-order valence-corrected chi connectivity index (χ2v) is 4.53. The lowest BCUT2D eigenvalue weighted by molar-refractivity contribution is 0.339. The highest BCUT2D eigenvalue weighted by atomic mass is 16.5. The number of hydrogen-bond acceptors (Lipinski definition) is 1.